The Balaban J connectivity index is 2.04. The standard InChI is InChI=1S/C16H17BrN2O2/c1-19(11-14-5-3-4-8-18-14)10-13-7-6-12(9-15(13)17)16(20)21-2/h3-9H,10-11H2,1-2H3. The zero-order valence-electron chi connectivity index (χ0n) is 12.0. The summed E-state index contributed by atoms with van der Waals surface area (Å²) in [6.07, 6.45) is 1.80. The van der Waals surface area contributed by atoms with Crippen molar-refractivity contribution < 1.29 is 9.53 Å². The number of hydrogen-bond donors (Lipinski definition) is 0. The first-order chi connectivity index (χ1) is 10.1. The molecule has 110 valence electrons. The summed E-state index contributed by atoms with van der Waals surface area (Å²) >= 11 is 3.51. The van der Waals surface area contributed by atoms with Crippen LogP contribution in [-0.4, -0.2) is 30.0 Å². The fourth-order valence-electron chi connectivity index (χ4n) is 2.04. The normalized spacial score (nSPS) is 10.7. The molecule has 0 bridgehead atoms. The Morgan fingerprint density at radius 1 is 1.29 bits per heavy atom. The summed E-state index contributed by atoms with van der Waals surface area (Å²) in [4.78, 5) is 18.0. The molecule has 0 spiro atoms. The van der Waals surface area contributed by atoms with Gasteiger partial charge in [0.05, 0.1) is 18.4 Å². The van der Waals surface area contributed by atoms with E-state index in [0.29, 0.717) is 5.56 Å². The van der Waals surface area contributed by atoms with E-state index in [1.807, 2.05) is 31.3 Å². The molecule has 1 aromatic heterocycles. The molecule has 2 rings (SSSR count). The van der Waals surface area contributed by atoms with Crippen molar-refractivity contribution in [2.24, 2.45) is 0 Å². The van der Waals surface area contributed by atoms with Crippen molar-refractivity contribution in [3.05, 3.63) is 63.9 Å². The smallest absolute Gasteiger partial charge is 0.337 e. The number of carbonyl (C=O) groups is 1. The molecule has 0 saturated carbocycles. The van der Waals surface area contributed by atoms with E-state index in [1.165, 1.54) is 7.11 Å². The summed E-state index contributed by atoms with van der Waals surface area (Å²) in [7, 11) is 3.42. The predicted octanol–water partition coefficient (Wildman–Crippen LogP) is 3.26. The first-order valence-electron chi connectivity index (χ1n) is 6.55. The average Bonchev–Trinajstić information content (AvgIpc) is 2.49. The molecular weight excluding hydrogens is 332 g/mol. The molecule has 1 aromatic carbocycles. The number of hydrogen-bond acceptors (Lipinski definition) is 4. The van der Waals surface area contributed by atoms with Gasteiger partial charge in [-0.25, -0.2) is 4.79 Å². The lowest BCUT2D eigenvalue weighted by atomic mass is 10.1. The quantitative estimate of drug-likeness (QED) is 0.777. The Morgan fingerprint density at radius 3 is 2.71 bits per heavy atom. The van der Waals surface area contributed by atoms with Gasteiger partial charge in [-0.1, -0.05) is 28.1 Å². The maximum atomic E-state index is 11.5. The first-order valence-corrected chi connectivity index (χ1v) is 7.34. The molecule has 0 radical (unpaired) electrons. The van der Waals surface area contributed by atoms with Crippen molar-refractivity contribution in [1.82, 2.24) is 9.88 Å². The number of methoxy groups -OCH3 is 1. The van der Waals surface area contributed by atoms with Gasteiger partial charge in [0, 0.05) is 23.8 Å². The van der Waals surface area contributed by atoms with Crippen LogP contribution in [0.5, 0.6) is 0 Å². The second kappa shape index (κ2) is 7.33. The van der Waals surface area contributed by atoms with Crippen LogP contribution in [0.1, 0.15) is 21.6 Å². The van der Waals surface area contributed by atoms with Crippen LogP contribution < -0.4 is 0 Å². The molecule has 21 heavy (non-hydrogen) atoms. The van der Waals surface area contributed by atoms with Crippen LogP contribution in [0.4, 0.5) is 0 Å². The van der Waals surface area contributed by atoms with Crippen molar-refractivity contribution in [2.75, 3.05) is 14.2 Å². The summed E-state index contributed by atoms with van der Waals surface area (Å²) < 4.78 is 5.61. The van der Waals surface area contributed by atoms with Gasteiger partial charge >= 0.3 is 5.97 Å². The molecule has 0 fully saturated rings. The molecule has 0 aliphatic rings. The van der Waals surface area contributed by atoms with E-state index in [4.69, 9.17) is 4.74 Å². The van der Waals surface area contributed by atoms with E-state index in [1.54, 1.807) is 18.3 Å². The number of pyridine rings is 1. The van der Waals surface area contributed by atoms with Gasteiger partial charge in [0.1, 0.15) is 0 Å². The number of esters is 1. The Bertz CT molecular complexity index is 617. The largest absolute Gasteiger partial charge is 0.465 e. The Morgan fingerprint density at radius 2 is 2.10 bits per heavy atom. The van der Waals surface area contributed by atoms with E-state index >= 15 is 0 Å². The monoisotopic (exact) mass is 348 g/mol. The highest BCUT2D eigenvalue weighted by Crippen LogP contribution is 2.21. The number of halogens is 1. The molecule has 0 aliphatic carbocycles. The third kappa shape index (κ3) is 4.37. The molecule has 0 unspecified atom stereocenters. The van der Waals surface area contributed by atoms with Crippen LogP contribution in [0.15, 0.2) is 47.1 Å². The maximum Gasteiger partial charge on any atom is 0.337 e. The highest BCUT2D eigenvalue weighted by atomic mass is 79.9. The second-order valence-electron chi connectivity index (χ2n) is 4.79. The Hall–Kier alpha value is -1.72. The van der Waals surface area contributed by atoms with Gasteiger partial charge in [-0.3, -0.25) is 9.88 Å². The zero-order valence-corrected chi connectivity index (χ0v) is 13.6. The van der Waals surface area contributed by atoms with Crippen LogP contribution in [0.2, 0.25) is 0 Å². The lowest BCUT2D eigenvalue weighted by molar-refractivity contribution is 0.0600. The third-order valence-electron chi connectivity index (χ3n) is 3.07. The number of carbonyl (C=O) groups excluding carboxylic acids is 1. The number of ether oxygens (including phenoxy) is 1. The van der Waals surface area contributed by atoms with Gasteiger partial charge in [0.2, 0.25) is 0 Å². The first kappa shape index (κ1) is 15.7. The van der Waals surface area contributed by atoms with Crippen molar-refractivity contribution in [3.8, 4) is 0 Å². The van der Waals surface area contributed by atoms with Crippen LogP contribution in [-0.2, 0) is 17.8 Å². The minimum atomic E-state index is -0.330. The fraction of sp³-hybridized carbons (Fsp3) is 0.250. The zero-order chi connectivity index (χ0) is 15.2. The molecule has 0 aliphatic heterocycles. The fourth-order valence-corrected chi connectivity index (χ4v) is 2.54. The van der Waals surface area contributed by atoms with Crippen LogP contribution in [0.25, 0.3) is 0 Å². The van der Waals surface area contributed by atoms with Crippen molar-refractivity contribution in [3.63, 3.8) is 0 Å². The van der Waals surface area contributed by atoms with Gasteiger partial charge in [0.15, 0.2) is 0 Å². The number of nitrogens with zero attached hydrogens (tertiary/aromatic N) is 2. The van der Waals surface area contributed by atoms with Gasteiger partial charge in [0.25, 0.3) is 0 Å². The van der Waals surface area contributed by atoms with Crippen LogP contribution in [0.3, 0.4) is 0 Å². The molecule has 0 amide bonds. The third-order valence-corrected chi connectivity index (χ3v) is 3.81. The topological polar surface area (TPSA) is 42.4 Å². The minimum Gasteiger partial charge on any atom is -0.465 e. The van der Waals surface area contributed by atoms with Crippen LogP contribution >= 0.6 is 15.9 Å². The Labute approximate surface area is 132 Å². The van der Waals surface area contributed by atoms with E-state index in [9.17, 15) is 4.79 Å². The van der Waals surface area contributed by atoms with Crippen molar-refractivity contribution in [1.29, 1.82) is 0 Å². The van der Waals surface area contributed by atoms with Gasteiger partial charge in [-0.05, 0) is 36.9 Å². The van der Waals surface area contributed by atoms with Gasteiger partial charge < -0.3 is 4.74 Å². The van der Waals surface area contributed by atoms with Crippen molar-refractivity contribution >= 4 is 21.9 Å². The lowest BCUT2D eigenvalue weighted by Gasteiger charge is -2.17. The van der Waals surface area contributed by atoms with E-state index < -0.39 is 0 Å². The number of rotatable bonds is 5. The van der Waals surface area contributed by atoms with E-state index in [2.05, 4.69) is 25.8 Å². The highest BCUT2D eigenvalue weighted by molar-refractivity contribution is 9.10. The highest BCUT2D eigenvalue weighted by Gasteiger charge is 2.10. The molecule has 2 aromatic rings. The summed E-state index contributed by atoms with van der Waals surface area (Å²) in [5, 5.41) is 0. The molecule has 0 saturated heterocycles. The van der Waals surface area contributed by atoms with Gasteiger partial charge in [-0.15, -0.1) is 0 Å². The lowest BCUT2D eigenvalue weighted by Crippen LogP contribution is -2.18. The van der Waals surface area contributed by atoms with Gasteiger partial charge in [-0.2, -0.15) is 0 Å². The second-order valence-corrected chi connectivity index (χ2v) is 5.65. The molecule has 1 heterocycles. The summed E-state index contributed by atoms with van der Waals surface area (Å²) in [5.74, 6) is -0.330. The summed E-state index contributed by atoms with van der Waals surface area (Å²) in [6.45, 7) is 1.53. The van der Waals surface area contributed by atoms with E-state index in [-0.39, 0.29) is 5.97 Å². The SMILES string of the molecule is COC(=O)c1ccc(CN(C)Cc2ccccn2)c(Br)c1. The molecule has 0 atom stereocenters. The number of aromatic nitrogens is 1. The molecule has 5 heteroatoms. The Kier molecular flexibility index (Phi) is 5.47. The minimum absolute atomic E-state index is 0.330. The predicted molar refractivity (Wildman–Crippen MR) is 84.9 cm³/mol. The number of benzene rings is 1. The molecular formula is C16H17BrN2O2. The summed E-state index contributed by atoms with van der Waals surface area (Å²) in [6, 6.07) is 11.4. The summed E-state index contributed by atoms with van der Waals surface area (Å²) in [5.41, 5.74) is 2.68. The maximum absolute atomic E-state index is 11.5. The molecule has 4 nitrogen and oxygen atoms in total. The van der Waals surface area contributed by atoms with Crippen molar-refractivity contribution in [2.45, 2.75) is 13.1 Å². The average molecular weight is 349 g/mol. The van der Waals surface area contributed by atoms with E-state index in [0.717, 1.165) is 28.8 Å². The van der Waals surface area contributed by atoms with Crippen LogP contribution in [0, 0.1) is 0 Å². The molecule has 0 N–H and O–H groups in total.